The van der Waals surface area contributed by atoms with E-state index in [1.807, 2.05) is 0 Å². The molecule has 0 saturated heterocycles. The van der Waals surface area contributed by atoms with Gasteiger partial charge in [-0.25, -0.2) is 0 Å². The number of rotatable bonds is 0. The molecule has 0 aliphatic heterocycles. The van der Waals surface area contributed by atoms with Crippen LogP contribution in [0.25, 0.3) is 0 Å². The Balaban J connectivity index is 1.82. The maximum Gasteiger partial charge on any atom is 0.00985 e. The van der Waals surface area contributed by atoms with Crippen LogP contribution in [0.1, 0.15) is 71.1 Å². The van der Waals surface area contributed by atoms with Crippen molar-refractivity contribution >= 4 is 0 Å². The van der Waals surface area contributed by atoms with E-state index in [0.29, 0.717) is 6.04 Å². The molecule has 0 radical (unpaired) electrons. The van der Waals surface area contributed by atoms with Crippen molar-refractivity contribution in [1.82, 2.24) is 0 Å². The van der Waals surface area contributed by atoms with E-state index in [4.69, 9.17) is 5.73 Å². The summed E-state index contributed by atoms with van der Waals surface area (Å²) in [6, 6.07) is 0.521. The molecule has 0 aromatic rings. The van der Waals surface area contributed by atoms with Gasteiger partial charge >= 0.3 is 0 Å². The molecule has 16 heavy (non-hydrogen) atoms. The van der Waals surface area contributed by atoms with E-state index in [2.05, 4.69) is 6.92 Å². The average molecular weight is 223 g/mol. The fourth-order valence-electron chi connectivity index (χ4n) is 3.91. The lowest BCUT2D eigenvalue weighted by Gasteiger charge is -2.50. The lowest BCUT2D eigenvalue weighted by Crippen LogP contribution is -2.55. The van der Waals surface area contributed by atoms with Gasteiger partial charge < -0.3 is 5.73 Å². The molecule has 0 heterocycles. The van der Waals surface area contributed by atoms with Crippen molar-refractivity contribution in [2.24, 2.45) is 23.5 Å². The maximum atomic E-state index is 6.26. The molecule has 2 aliphatic carbocycles. The van der Waals surface area contributed by atoms with Gasteiger partial charge in [0.05, 0.1) is 0 Å². The monoisotopic (exact) mass is 223 g/mol. The Bertz CT molecular complexity index is 180. The highest BCUT2D eigenvalue weighted by atomic mass is 14.7. The Morgan fingerprint density at radius 2 is 1.12 bits per heavy atom. The molecule has 2 rings (SSSR count). The molecule has 94 valence electrons. The minimum Gasteiger partial charge on any atom is -0.327 e. The van der Waals surface area contributed by atoms with Crippen LogP contribution in [0.2, 0.25) is 0 Å². The van der Waals surface area contributed by atoms with E-state index < -0.39 is 0 Å². The second-order valence-corrected chi connectivity index (χ2v) is 6.17. The van der Waals surface area contributed by atoms with E-state index in [1.165, 1.54) is 64.2 Å². The summed E-state index contributed by atoms with van der Waals surface area (Å²) >= 11 is 0. The summed E-state index contributed by atoms with van der Waals surface area (Å²) < 4.78 is 0. The highest BCUT2D eigenvalue weighted by molar-refractivity contribution is 4.97. The van der Waals surface area contributed by atoms with Crippen molar-refractivity contribution in [3.05, 3.63) is 0 Å². The highest BCUT2D eigenvalue weighted by Gasteiger charge is 2.43. The van der Waals surface area contributed by atoms with Crippen molar-refractivity contribution in [2.45, 2.75) is 77.2 Å². The first-order chi connectivity index (χ1) is 7.80. The predicted molar refractivity (Wildman–Crippen MR) is 70.3 cm³/mol. The Labute approximate surface area is 101 Å². The average Bonchev–Trinajstić information content (AvgIpc) is 2.29. The normalized spacial score (nSPS) is 42.4. The fraction of sp³-hybridized carbons (Fsp3) is 1.00. The lowest BCUT2D eigenvalue weighted by atomic mass is 9.58. The molecule has 0 aromatic carbocycles. The quantitative estimate of drug-likeness (QED) is 0.657. The molecule has 4 unspecified atom stereocenters. The zero-order valence-corrected chi connectivity index (χ0v) is 11.0. The zero-order valence-electron chi connectivity index (χ0n) is 11.0. The molecule has 0 amide bonds. The highest BCUT2D eigenvalue weighted by Crippen LogP contribution is 2.45. The molecule has 1 nitrogen and oxygen atoms in total. The van der Waals surface area contributed by atoms with E-state index in [-0.39, 0.29) is 0 Å². The Kier molecular flexibility index (Phi) is 4.69. The summed E-state index contributed by atoms with van der Waals surface area (Å²) in [6.07, 6.45) is 14.5. The van der Waals surface area contributed by atoms with Crippen LogP contribution in [0.4, 0.5) is 0 Å². The minimum absolute atomic E-state index is 0.521. The van der Waals surface area contributed by atoms with Gasteiger partial charge in [-0.05, 0) is 30.6 Å². The molecule has 0 aromatic heterocycles. The van der Waals surface area contributed by atoms with Crippen LogP contribution < -0.4 is 5.73 Å². The first-order valence-electron chi connectivity index (χ1n) is 7.56. The van der Waals surface area contributed by atoms with Gasteiger partial charge in [0.15, 0.2) is 0 Å². The molecule has 2 fully saturated rings. The van der Waals surface area contributed by atoms with Crippen LogP contribution in [0.3, 0.4) is 0 Å². The largest absolute Gasteiger partial charge is 0.327 e. The van der Waals surface area contributed by atoms with E-state index in [1.54, 1.807) is 0 Å². The number of hydrogen-bond acceptors (Lipinski definition) is 1. The second-order valence-electron chi connectivity index (χ2n) is 6.17. The lowest BCUT2D eigenvalue weighted by molar-refractivity contribution is 0.0315. The first-order valence-corrected chi connectivity index (χ1v) is 7.56. The first kappa shape index (κ1) is 12.4. The van der Waals surface area contributed by atoms with Crippen LogP contribution in [0.15, 0.2) is 0 Å². The van der Waals surface area contributed by atoms with Crippen LogP contribution in [-0.2, 0) is 0 Å². The van der Waals surface area contributed by atoms with Gasteiger partial charge in [0.2, 0.25) is 0 Å². The zero-order chi connectivity index (χ0) is 11.4. The van der Waals surface area contributed by atoms with Crippen molar-refractivity contribution in [3.63, 3.8) is 0 Å². The van der Waals surface area contributed by atoms with Gasteiger partial charge in [0.25, 0.3) is 0 Å². The Morgan fingerprint density at radius 1 is 0.688 bits per heavy atom. The smallest absolute Gasteiger partial charge is 0.00985 e. The van der Waals surface area contributed by atoms with Crippen LogP contribution in [-0.4, -0.2) is 6.04 Å². The predicted octanol–water partition coefficient (Wildman–Crippen LogP) is 4.11. The van der Waals surface area contributed by atoms with Gasteiger partial charge in [0, 0.05) is 6.04 Å². The van der Waals surface area contributed by atoms with Gasteiger partial charge in [0.1, 0.15) is 0 Å². The Hall–Kier alpha value is -0.0400. The van der Waals surface area contributed by atoms with Crippen LogP contribution in [0, 0.1) is 17.8 Å². The van der Waals surface area contributed by atoms with Crippen molar-refractivity contribution in [1.29, 1.82) is 0 Å². The number of hydrogen-bond donors (Lipinski definition) is 1. The molecule has 2 N–H and O–H groups in total. The second kappa shape index (κ2) is 6.05. The maximum absolute atomic E-state index is 6.26. The molecule has 2 aliphatic rings. The summed E-state index contributed by atoms with van der Waals surface area (Å²) in [4.78, 5) is 0. The summed E-state index contributed by atoms with van der Waals surface area (Å²) in [7, 11) is 0. The third-order valence-electron chi connectivity index (χ3n) is 5.15. The van der Waals surface area contributed by atoms with Gasteiger partial charge in [-0.3, -0.25) is 0 Å². The third-order valence-corrected chi connectivity index (χ3v) is 5.15. The standard InChI is InChI=1S/C15H29N/c1-12-13-10-8-6-4-2-3-5-7-9-11-14(13)15(12)16/h12-15H,2-11,16H2,1H3. The summed E-state index contributed by atoms with van der Waals surface area (Å²) in [6.45, 7) is 2.37. The molecular weight excluding hydrogens is 194 g/mol. The SMILES string of the molecule is CC1C(N)C2CCCCCCCCCCC12. The van der Waals surface area contributed by atoms with E-state index in [9.17, 15) is 0 Å². The fourth-order valence-corrected chi connectivity index (χ4v) is 3.91. The molecule has 4 atom stereocenters. The van der Waals surface area contributed by atoms with Crippen LogP contribution >= 0.6 is 0 Å². The summed E-state index contributed by atoms with van der Waals surface area (Å²) in [5.41, 5.74) is 6.26. The third kappa shape index (κ3) is 2.80. The minimum atomic E-state index is 0.521. The van der Waals surface area contributed by atoms with E-state index >= 15 is 0 Å². The van der Waals surface area contributed by atoms with Gasteiger partial charge in [-0.1, -0.05) is 58.3 Å². The number of nitrogens with two attached hydrogens (primary N) is 1. The molecular formula is C15H29N. The molecule has 2 saturated carbocycles. The van der Waals surface area contributed by atoms with E-state index in [0.717, 1.165) is 17.8 Å². The van der Waals surface area contributed by atoms with Gasteiger partial charge in [-0.2, -0.15) is 0 Å². The van der Waals surface area contributed by atoms with Crippen molar-refractivity contribution in [2.75, 3.05) is 0 Å². The molecule has 1 heteroatoms. The topological polar surface area (TPSA) is 26.0 Å². The van der Waals surface area contributed by atoms with Crippen LogP contribution in [0.5, 0.6) is 0 Å². The molecule has 0 spiro atoms. The van der Waals surface area contributed by atoms with Crippen molar-refractivity contribution in [3.8, 4) is 0 Å². The number of fused-ring (bicyclic) bond motifs is 1. The molecule has 0 bridgehead atoms. The Morgan fingerprint density at radius 3 is 1.69 bits per heavy atom. The van der Waals surface area contributed by atoms with Crippen molar-refractivity contribution < 1.29 is 0 Å². The van der Waals surface area contributed by atoms with Gasteiger partial charge in [-0.15, -0.1) is 0 Å². The summed E-state index contributed by atoms with van der Waals surface area (Å²) in [5, 5.41) is 0. The summed E-state index contributed by atoms with van der Waals surface area (Å²) in [5.74, 6) is 2.64.